The van der Waals surface area contributed by atoms with Gasteiger partial charge in [-0.05, 0) is 63.2 Å². The number of carbonyl (C=O) groups excluding carboxylic acids is 2. The first-order chi connectivity index (χ1) is 13.1. The van der Waals surface area contributed by atoms with Gasteiger partial charge in [0.2, 0.25) is 0 Å². The number of methoxy groups -OCH3 is 1. The van der Waals surface area contributed by atoms with Gasteiger partial charge >= 0.3 is 11.9 Å². The van der Waals surface area contributed by atoms with E-state index in [2.05, 4.69) is 19.9 Å². The van der Waals surface area contributed by atoms with Crippen LogP contribution in [0.3, 0.4) is 0 Å². The smallest absolute Gasteiger partial charge is 0.311 e. The average molecular weight is 391 g/mol. The lowest BCUT2D eigenvalue weighted by molar-refractivity contribution is -0.212. The summed E-state index contributed by atoms with van der Waals surface area (Å²) in [5, 5.41) is 11.4. The SMILES string of the molecule is COC(=O)[C@]1(C)CCC[C@@]2(C)[C@@H]3C[C@H](OC(C)=O)[C@@H]4C[C@]3(C=C4C)[C@H](O)C[C@@H]21. The Hall–Kier alpha value is -1.36. The third-order valence-electron chi connectivity index (χ3n) is 9.04. The summed E-state index contributed by atoms with van der Waals surface area (Å²) in [6.45, 7) is 7.92. The van der Waals surface area contributed by atoms with E-state index < -0.39 is 11.5 Å². The first-order valence-corrected chi connectivity index (χ1v) is 10.7. The standard InChI is InChI=1S/C23H34O5/c1-13-11-23-12-15(13)16(28-14(2)24)9-18(23)21(3)7-6-8-22(4,20(26)27-5)17(21)10-19(23)25/h11,15-19,25H,6-10,12H2,1-5H3/t15-,16+,17+,18+,19-,21-,22-,23+/m1/s1. The van der Waals surface area contributed by atoms with Crippen LogP contribution in [0.1, 0.15) is 66.2 Å². The van der Waals surface area contributed by atoms with Gasteiger partial charge in [-0.15, -0.1) is 0 Å². The van der Waals surface area contributed by atoms with Crippen LogP contribution in [0.2, 0.25) is 0 Å². The number of fused-ring (bicyclic) bond motifs is 3. The molecule has 0 aromatic carbocycles. The van der Waals surface area contributed by atoms with Crippen LogP contribution in [0.4, 0.5) is 0 Å². The molecule has 0 amide bonds. The van der Waals surface area contributed by atoms with Crippen molar-refractivity contribution in [2.45, 2.75) is 78.4 Å². The Bertz CT molecular complexity index is 729. The number of ether oxygens (including phenoxy) is 2. The summed E-state index contributed by atoms with van der Waals surface area (Å²) in [4.78, 5) is 24.5. The number of hydrogen-bond acceptors (Lipinski definition) is 5. The van der Waals surface area contributed by atoms with Crippen LogP contribution in [-0.4, -0.2) is 36.4 Å². The van der Waals surface area contributed by atoms with Crippen LogP contribution in [0.5, 0.6) is 0 Å². The largest absolute Gasteiger partial charge is 0.469 e. The molecule has 0 aliphatic heterocycles. The van der Waals surface area contributed by atoms with Gasteiger partial charge in [0.1, 0.15) is 6.10 Å². The van der Waals surface area contributed by atoms with E-state index in [1.54, 1.807) is 0 Å². The van der Waals surface area contributed by atoms with Gasteiger partial charge in [0.05, 0.1) is 18.6 Å². The zero-order valence-electron chi connectivity index (χ0n) is 17.8. The molecule has 4 aliphatic rings. The summed E-state index contributed by atoms with van der Waals surface area (Å²) in [5.74, 6) is 0.0607. The molecule has 1 spiro atoms. The van der Waals surface area contributed by atoms with Crippen molar-refractivity contribution in [3.63, 3.8) is 0 Å². The Labute approximate surface area is 167 Å². The van der Waals surface area contributed by atoms with Crippen LogP contribution in [0, 0.1) is 34.0 Å². The number of carbonyl (C=O) groups is 2. The average Bonchev–Trinajstić information content (AvgIpc) is 2.92. The van der Waals surface area contributed by atoms with Crippen LogP contribution >= 0.6 is 0 Å². The molecule has 3 saturated carbocycles. The highest BCUT2D eigenvalue weighted by molar-refractivity contribution is 5.77. The summed E-state index contributed by atoms with van der Waals surface area (Å²) in [6.07, 6.45) is 6.74. The summed E-state index contributed by atoms with van der Waals surface area (Å²) < 4.78 is 11.0. The van der Waals surface area contributed by atoms with Crippen molar-refractivity contribution in [3.8, 4) is 0 Å². The van der Waals surface area contributed by atoms with Gasteiger partial charge in [-0.3, -0.25) is 9.59 Å². The molecule has 3 fully saturated rings. The maximum absolute atomic E-state index is 12.8. The normalized spacial score (nSPS) is 49.5. The third kappa shape index (κ3) is 2.47. The number of aliphatic hydroxyl groups is 1. The predicted molar refractivity (Wildman–Crippen MR) is 104 cm³/mol. The molecule has 8 atom stereocenters. The van der Waals surface area contributed by atoms with Crippen molar-refractivity contribution in [2.24, 2.45) is 34.0 Å². The molecular formula is C23H34O5. The van der Waals surface area contributed by atoms with Gasteiger partial charge in [-0.25, -0.2) is 0 Å². The number of rotatable bonds is 2. The molecule has 0 aromatic rings. The maximum atomic E-state index is 12.8. The Morgan fingerprint density at radius 3 is 2.54 bits per heavy atom. The van der Waals surface area contributed by atoms with Gasteiger partial charge in [-0.2, -0.15) is 0 Å². The highest BCUT2D eigenvalue weighted by Crippen LogP contribution is 2.71. The van der Waals surface area contributed by atoms with Gasteiger partial charge in [0.25, 0.3) is 0 Å². The van der Waals surface area contributed by atoms with Gasteiger partial charge < -0.3 is 14.6 Å². The molecule has 28 heavy (non-hydrogen) atoms. The fourth-order valence-electron chi connectivity index (χ4n) is 7.89. The van der Waals surface area contributed by atoms with Crippen LogP contribution in [-0.2, 0) is 19.1 Å². The minimum atomic E-state index is -0.574. The van der Waals surface area contributed by atoms with E-state index >= 15 is 0 Å². The zero-order chi connectivity index (χ0) is 20.5. The molecule has 156 valence electrons. The first-order valence-electron chi connectivity index (χ1n) is 10.7. The van der Waals surface area contributed by atoms with Gasteiger partial charge in [-0.1, -0.05) is 25.0 Å². The predicted octanol–water partition coefficient (Wildman–Crippen LogP) is 3.64. The molecule has 0 radical (unpaired) electrons. The highest BCUT2D eigenvalue weighted by atomic mass is 16.5. The Morgan fingerprint density at radius 2 is 1.89 bits per heavy atom. The highest BCUT2D eigenvalue weighted by Gasteiger charge is 2.68. The van der Waals surface area contributed by atoms with Crippen molar-refractivity contribution in [2.75, 3.05) is 7.11 Å². The summed E-state index contributed by atoms with van der Waals surface area (Å²) in [7, 11) is 1.46. The van der Waals surface area contributed by atoms with Crippen molar-refractivity contribution in [1.29, 1.82) is 0 Å². The van der Waals surface area contributed by atoms with E-state index in [1.807, 2.05) is 6.92 Å². The van der Waals surface area contributed by atoms with Crippen LogP contribution in [0.15, 0.2) is 11.6 Å². The molecule has 4 aliphatic carbocycles. The Balaban J connectivity index is 1.79. The Morgan fingerprint density at radius 1 is 1.18 bits per heavy atom. The number of esters is 2. The molecule has 4 rings (SSSR count). The third-order valence-corrected chi connectivity index (χ3v) is 9.04. The quantitative estimate of drug-likeness (QED) is 0.576. The monoisotopic (exact) mass is 390 g/mol. The molecule has 2 bridgehead atoms. The van der Waals surface area contributed by atoms with E-state index in [0.29, 0.717) is 6.42 Å². The van der Waals surface area contributed by atoms with E-state index in [1.165, 1.54) is 19.6 Å². The van der Waals surface area contributed by atoms with E-state index in [0.717, 1.165) is 32.1 Å². The van der Waals surface area contributed by atoms with Crippen molar-refractivity contribution in [3.05, 3.63) is 11.6 Å². The molecule has 0 unspecified atom stereocenters. The summed E-state index contributed by atoms with van der Waals surface area (Å²) in [6, 6.07) is 0. The van der Waals surface area contributed by atoms with Crippen molar-refractivity contribution < 1.29 is 24.2 Å². The molecule has 5 nitrogen and oxygen atoms in total. The first kappa shape index (κ1) is 19.9. The summed E-state index contributed by atoms with van der Waals surface area (Å²) in [5.41, 5.74) is 0.312. The topological polar surface area (TPSA) is 72.8 Å². The van der Waals surface area contributed by atoms with Gasteiger partial charge in [0.15, 0.2) is 0 Å². The lowest BCUT2D eigenvalue weighted by atomic mass is 9.40. The van der Waals surface area contributed by atoms with Gasteiger partial charge in [0, 0.05) is 18.3 Å². The minimum absolute atomic E-state index is 0.0654. The van der Waals surface area contributed by atoms with E-state index in [-0.39, 0.29) is 46.6 Å². The maximum Gasteiger partial charge on any atom is 0.311 e. The molecule has 0 saturated heterocycles. The summed E-state index contributed by atoms with van der Waals surface area (Å²) >= 11 is 0. The second-order valence-corrected chi connectivity index (χ2v) is 10.3. The molecule has 0 heterocycles. The minimum Gasteiger partial charge on any atom is -0.469 e. The van der Waals surface area contributed by atoms with Crippen LogP contribution < -0.4 is 0 Å². The van der Waals surface area contributed by atoms with E-state index in [4.69, 9.17) is 9.47 Å². The fourth-order valence-corrected chi connectivity index (χ4v) is 7.89. The second-order valence-electron chi connectivity index (χ2n) is 10.3. The number of hydrogen-bond donors (Lipinski definition) is 1. The van der Waals surface area contributed by atoms with E-state index in [9.17, 15) is 14.7 Å². The zero-order valence-corrected chi connectivity index (χ0v) is 17.8. The molecule has 1 N–H and O–H groups in total. The Kier molecular flexibility index (Phi) is 4.50. The fraction of sp³-hybridized carbons (Fsp3) is 0.826. The second kappa shape index (κ2) is 6.32. The van der Waals surface area contributed by atoms with Crippen molar-refractivity contribution >= 4 is 11.9 Å². The lowest BCUT2D eigenvalue weighted by Crippen LogP contribution is -2.64. The number of aliphatic hydroxyl groups excluding tert-OH is 1. The molecule has 5 heteroatoms. The van der Waals surface area contributed by atoms with Crippen LogP contribution in [0.25, 0.3) is 0 Å². The lowest BCUT2D eigenvalue weighted by Gasteiger charge is -2.65. The molecule has 0 aromatic heterocycles. The molecular weight excluding hydrogens is 356 g/mol. The van der Waals surface area contributed by atoms with Crippen molar-refractivity contribution in [1.82, 2.24) is 0 Å².